The van der Waals surface area contributed by atoms with Crippen LogP contribution in [0.2, 0.25) is 0 Å². The van der Waals surface area contributed by atoms with Gasteiger partial charge in [-0.25, -0.2) is 0 Å². The van der Waals surface area contributed by atoms with E-state index in [9.17, 15) is 0 Å². The van der Waals surface area contributed by atoms with Gasteiger partial charge in [0.25, 0.3) is 0 Å². The van der Waals surface area contributed by atoms with E-state index >= 15 is 0 Å². The lowest BCUT2D eigenvalue weighted by Crippen LogP contribution is -2.56. The Kier molecular flexibility index (Phi) is 5.05. The van der Waals surface area contributed by atoms with Crippen LogP contribution in [0.3, 0.4) is 0 Å². The lowest BCUT2D eigenvalue weighted by molar-refractivity contribution is -0.0715. The Morgan fingerprint density at radius 3 is 2.72 bits per heavy atom. The van der Waals surface area contributed by atoms with Crippen molar-refractivity contribution in [3.8, 4) is 0 Å². The van der Waals surface area contributed by atoms with Crippen molar-refractivity contribution < 1.29 is 4.74 Å². The van der Waals surface area contributed by atoms with Crippen LogP contribution in [0.4, 0.5) is 0 Å². The molecule has 2 heterocycles. The number of hydrogen-bond donors (Lipinski definition) is 1. The summed E-state index contributed by atoms with van der Waals surface area (Å²) in [5, 5.41) is 0. The van der Waals surface area contributed by atoms with Crippen LogP contribution in [0, 0.1) is 5.92 Å². The van der Waals surface area contributed by atoms with Gasteiger partial charge in [0.15, 0.2) is 0 Å². The van der Waals surface area contributed by atoms with Gasteiger partial charge in [-0.2, -0.15) is 0 Å². The predicted octanol–water partition coefficient (Wildman–Crippen LogP) is 2.39. The van der Waals surface area contributed by atoms with Crippen LogP contribution in [0.5, 0.6) is 0 Å². The Bertz CT molecular complexity index is 257. The molecule has 4 atom stereocenters. The van der Waals surface area contributed by atoms with Crippen LogP contribution in [-0.4, -0.2) is 42.3 Å². The first-order valence-corrected chi connectivity index (χ1v) is 7.72. The third-order valence-electron chi connectivity index (χ3n) is 4.81. The van der Waals surface area contributed by atoms with Crippen molar-refractivity contribution in [3.63, 3.8) is 0 Å². The van der Waals surface area contributed by atoms with Gasteiger partial charge in [-0.15, -0.1) is 0 Å². The van der Waals surface area contributed by atoms with Gasteiger partial charge in [-0.1, -0.05) is 20.3 Å². The van der Waals surface area contributed by atoms with Crippen molar-refractivity contribution in [2.45, 2.75) is 77.1 Å². The molecule has 2 fully saturated rings. The molecule has 3 heteroatoms. The summed E-state index contributed by atoms with van der Waals surface area (Å²) < 4.78 is 5.91. The summed E-state index contributed by atoms with van der Waals surface area (Å²) in [5.74, 6) is 0.629. The van der Waals surface area contributed by atoms with E-state index in [0.717, 1.165) is 13.2 Å². The highest BCUT2D eigenvalue weighted by molar-refractivity contribution is 4.91. The molecule has 3 nitrogen and oxygen atoms in total. The maximum absolute atomic E-state index is 5.98. The molecule has 0 aromatic carbocycles. The second kappa shape index (κ2) is 6.36. The molecule has 0 amide bonds. The highest BCUT2D eigenvalue weighted by Crippen LogP contribution is 2.31. The van der Waals surface area contributed by atoms with Crippen molar-refractivity contribution in [1.29, 1.82) is 0 Å². The van der Waals surface area contributed by atoms with Gasteiger partial charge >= 0.3 is 0 Å². The van der Waals surface area contributed by atoms with E-state index in [1.54, 1.807) is 0 Å². The molecule has 0 aromatic heterocycles. The van der Waals surface area contributed by atoms with E-state index in [-0.39, 0.29) is 0 Å². The second-order valence-electron chi connectivity index (χ2n) is 6.45. The molecule has 0 radical (unpaired) electrons. The molecule has 2 aliphatic heterocycles. The summed E-state index contributed by atoms with van der Waals surface area (Å²) in [7, 11) is 0. The molecule has 0 aliphatic carbocycles. The number of nitrogens with zero attached hydrogens (tertiary/aromatic N) is 1. The molecule has 2 rings (SSSR count). The zero-order chi connectivity index (χ0) is 13.1. The molecule has 0 spiro atoms. The predicted molar refractivity (Wildman–Crippen MR) is 75.6 cm³/mol. The van der Waals surface area contributed by atoms with Crippen molar-refractivity contribution >= 4 is 0 Å². The minimum Gasteiger partial charge on any atom is -0.378 e. The number of rotatable bonds is 3. The Labute approximate surface area is 112 Å². The molecule has 18 heavy (non-hydrogen) atoms. The fraction of sp³-hybridized carbons (Fsp3) is 1.00. The minimum atomic E-state index is 0.441. The van der Waals surface area contributed by atoms with E-state index in [0.29, 0.717) is 30.1 Å². The van der Waals surface area contributed by atoms with Gasteiger partial charge in [0.2, 0.25) is 0 Å². The van der Waals surface area contributed by atoms with E-state index in [2.05, 4.69) is 25.7 Å². The maximum Gasteiger partial charge on any atom is 0.0612 e. The average Bonchev–Trinajstić information content (AvgIpc) is 2.38. The van der Waals surface area contributed by atoms with Gasteiger partial charge in [0, 0.05) is 31.3 Å². The fourth-order valence-corrected chi connectivity index (χ4v) is 3.75. The maximum atomic E-state index is 5.98. The number of hydrogen-bond acceptors (Lipinski definition) is 3. The van der Waals surface area contributed by atoms with Crippen LogP contribution in [0.25, 0.3) is 0 Å². The number of ether oxygens (including phenoxy) is 1. The summed E-state index contributed by atoms with van der Waals surface area (Å²) in [4.78, 5) is 2.72. The van der Waals surface area contributed by atoms with E-state index in [4.69, 9.17) is 10.5 Å². The van der Waals surface area contributed by atoms with E-state index in [1.165, 1.54) is 32.1 Å². The van der Waals surface area contributed by atoms with Crippen LogP contribution in [-0.2, 0) is 4.74 Å². The van der Waals surface area contributed by atoms with Crippen LogP contribution >= 0.6 is 0 Å². The molecule has 2 saturated heterocycles. The van der Waals surface area contributed by atoms with Crippen LogP contribution in [0.1, 0.15) is 52.9 Å². The lowest BCUT2D eigenvalue weighted by Gasteiger charge is -2.48. The highest BCUT2D eigenvalue weighted by Gasteiger charge is 2.36. The Morgan fingerprint density at radius 1 is 1.28 bits per heavy atom. The quantitative estimate of drug-likeness (QED) is 0.840. The molecular formula is C15H30N2O. The molecule has 0 saturated carbocycles. The monoisotopic (exact) mass is 254 g/mol. The third kappa shape index (κ3) is 3.06. The Morgan fingerprint density at radius 2 is 2.06 bits per heavy atom. The summed E-state index contributed by atoms with van der Waals surface area (Å²) in [6.07, 6.45) is 6.78. The van der Waals surface area contributed by atoms with Crippen molar-refractivity contribution in [3.05, 3.63) is 0 Å². The molecule has 4 unspecified atom stereocenters. The van der Waals surface area contributed by atoms with Gasteiger partial charge < -0.3 is 10.5 Å². The summed E-state index contributed by atoms with van der Waals surface area (Å²) in [6, 6.07) is 1.99. The normalized spacial score (nSPS) is 39.2. The first kappa shape index (κ1) is 14.3. The third-order valence-corrected chi connectivity index (χ3v) is 4.81. The standard InChI is InChI=1S/C15H30N2O/c1-11(2)15-9-13(7-8-18-15)17-12(3)5-4-6-14(17)10-16/h11-15H,4-10,16H2,1-3H3. The first-order chi connectivity index (χ1) is 8.63. The van der Waals surface area contributed by atoms with Crippen LogP contribution in [0.15, 0.2) is 0 Å². The number of likely N-dealkylation sites (tertiary alicyclic amines) is 1. The zero-order valence-electron chi connectivity index (χ0n) is 12.3. The van der Waals surface area contributed by atoms with Crippen molar-refractivity contribution in [2.75, 3.05) is 13.2 Å². The summed E-state index contributed by atoms with van der Waals surface area (Å²) >= 11 is 0. The molecule has 2 N–H and O–H groups in total. The second-order valence-corrected chi connectivity index (χ2v) is 6.45. The SMILES string of the molecule is CC(C)C1CC(N2C(C)CCCC2CN)CCO1. The van der Waals surface area contributed by atoms with Crippen molar-refractivity contribution in [1.82, 2.24) is 4.90 Å². The first-order valence-electron chi connectivity index (χ1n) is 7.72. The number of nitrogens with two attached hydrogens (primary N) is 1. The molecule has 106 valence electrons. The Hall–Kier alpha value is -0.120. The van der Waals surface area contributed by atoms with Gasteiger partial charge in [-0.3, -0.25) is 4.90 Å². The van der Waals surface area contributed by atoms with E-state index in [1.807, 2.05) is 0 Å². The van der Waals surface area contributed by atoms with Gasteiger partial charge in [-0.05, 0) is 38.5 Å². The molecule has 0 bridgehead atoms. The topological polar surface area (TPSA) is 38.5 Å². The molecule has 0 aromatic rings. The van der Waals surface area contributed by atoms with E-state index < -0.39 is 0 Å². The van der Waals surface area contributed by atoms with Crippen LogP contribution < -0.4 is 5.73 Å². The largest absolute Gasteiger partial charge is 0.378 e. The summed E-state index contributed by atoms with van der Waals surface area (Å²) in [6.45, 7) is 8.66. The van der Waals surface area contributed by atoms with Gasteiger partial charge in [0.05, 0.1) is 6.10 Å². The average molecular weight is 254 g/mol. The zero-order valence-corrected chi connectivity index (χ0v) is 12.3. The Balaban J connectivity index is 2.03. The lowest BCUT2D eigenvalue weighted by atomic mass is 9.88. The van der Waals surface area contributed by atoms with Gasteiger partial charge in [0.1, 0.15) is 0 Å². The fourth-order valence-electron chi connectivity index (χ4n) is 3.75. The summed E-state index contributed by atoms with van der Waals surface area (Å²) in [5.41, 5.74) is 5.98. The molecule has 2 aliphatic rings. The smallest absolute Gasteiger partial charge is 0.0612 e. The number of piperidine rings is 1. The minimum absolute atomic E-state index is 0.441. The molecular weight excluding hydrogens is 224 g/mol. The van der Waals surface area contributed by atoms with Crippen molar-refractivity contribution in [2.24, 2.45) is 11.7 Å². The highest BCUT2D eigenvalue weighted by atomic mass is 16.5.